The van der Waals surface area contributed by atoms with Crippen molar-refractivity contribution in [3.05, 3.63) is 89.2 Å². The maximum absolute atomic E-state index is 14.0. The van der Waals surface area contributed by atoms with Crippen LogP contribution in [0.15, 0.2) is 66.7 Å². The molecule has 0 atom stereocenters. The highest BCUT2D eigenvalue weighted by Gasteiger charge is 2.31. The van der Waals surface area contributed by atoms with E-state index in [0.717, 1.165) is 19.2 Å². The summed E-state index contributed by atoms with van der Waals surface area (Å²) >= 11 is 0. The third-order valence-electron chi connectivity index (χ3n) is 7.17. The lowest BCUT2D eigenvalue weighted by Gasteiger charge is -2.28. The van der Waals surface area contributed by atoms with Crippen LogP contribution in [0.4, 0.5) is 44.2 Å². The molecule has 0 aromatic heterocycles. The molecule has 0 radical (unpaired) electrons. The average molecular weight is 674 g/mol. The van der Waals surface area contributed by atoms with Crippen molar-refractivity contribution >= 4 is 35.1 Å². The van der Waals surface area contributed by atoms with Crippen LogP contribution in [0.2, 0.25) is 0 Å². The first kappa shape index (κ1) is 36.2. The number of hydrogen-bond acceptors (Lipinski definition) is 6. The molecule has 3 aromatic rings. The van der Waals surface area contributed by atoms with Crippen molar-refractivity contribution in [2.45, 2.75) is 45.5 Å². The number of halogens is 4. The lowest BCUT2D eigenvalue weighted by Crippen LogP contribution is -2.40. The molecule has 1 saturated heterocycles. The molecule has 0 spiro atoms. The highest BCUT2D eigenvalue weighted by Crippen LogP contribution is 2.32. The topological polar surface area (TPSA) is 112 Å². The zero-order valence-corrected chi connectivity index (χ0v) is 27.0. The zero-order valence-electron chi connectivity index (χ0n) is 27.0. The van der Waals surface area contributed by atoms with Gasteiger partial charge in [0.15, 0.2) is 0 Å². The summed E-state index contributed by atoms with van der Waals surface area (Å²) in [5.41, 5.74) is -0.599. The fraction of sp³-hybridized carbons (Fsp3) is 0.382. The van der Waals surface area contributed by atoms with Crippen LogP contribution in [0.3, 0.4) is 0 Å². The van der Waals surface area contributed by atoms with Crippen molar-refractivity contribution in [1.82, 2.24) is 9.80 Å². The van der Waals surface area contributed by atoms with Gasteiger partial charge in [-0.3, -0.25) is 15.0 Å². The monoisotopic (exact) mass is 673 g/mol. The summed E-state index contributed by atoms with van der Waals surface area (Å²) in [6, 6.07) is 14.3. The Bertz CT molecular complexity index is 1570. The Morgan fingerprint density at radius 1 is 0.896 bits per heavy atom. The minimum atomic E-state index is -4.79. The number of urea groups is 1. The molecule has 0 unspecified atom stereocenters. The number of ether oxygens (including phenoxy) is 2. The highest BCUT2D eigenvalue weighted by molar-refractivity contribution is 6.06. The predicted molar refractivity (Wildman–Crippen MR) is 173 cm³/mol. The number of carbonyl (C=O) groups is 3. The number of carbonyl (C=O) groups excluding carboxylic acids is 3. The Hall–Kier alpha value is -4.69. The van der Waals surface area contributed by atoms with Crippen molar-refractivity contribution in [3.63, 3.8) is 0 Å². The van der Waals surface area contributed by atoms with Crippen molar-refractivity contribution in [2.24, 2.45) is 0 Å². The van der Waals surface area contributed by atoms with E-state index in [2.05, 4.69) is 20.9 Å². The Balaban J connectivity index is 1.44. The van der Waals surface area contributed by atoms with Gasteiger partial charge in [-0.05, 0) is 75.2 Å². The molecule has 1 aliphatic heterocycles. The summed E-state index contributed by atoms with van der Waals surface area (Å²) in [5, 5.41) is 7.80. The number of morpholine rings is 1. The van der Waals surface area contributed by atoms with Gasteiger partial charge in [0.05, 0.1) is 30.2 Å². The molecule has 48 heavy (non-hydrogen) atoms. The molecule has 258 valence electrons. The second-order valence-electron chi connectivity index (χ2n) is 12.2. The van der Waals surface area contributed by atoms with Crippen LogP contribution in [-0.2, 0) is 22.2 Å². The first-order chi connectivity index (χ1) is 22.7. The van der Waals surface area contributed by atoms with E-state index in [1.165, 1.54) is 4.90 Å². The van der Waals surface area contributed by atoms with Gasteiger partial charge in [-0.15, -0.1) is 0 Å². The number of anilines is 3. The van der Waals surface area contributed by atoms with Crippen LogP contribution in [0.25, 0.3) is 0 Å². The summed E-state index contributed by atoms with van der Waals surface area (Å²) in [6.07, 6.45) is -4.89. The summed E-state index contributed by atoms with van der Waals surface area (Å²) in [7, 11) is 0. The predicted octanol–water partition coefficient (Wildman–Crippen LogP) is 7.20. The van der Waals surface area contributed by atoms with Gasteiger partial charge in [0.1, 0.15) is 11.4 Å². The van der Waals surface area contributed by atoms with Gasteiger partial charge >= 0.3 is 18.3 Å². The summed E-state index contributed by atoms with van der Waals surface area (Å²) in [4.78, 5) is 42.3. The van der Waals surface area contributed by atoms with Crippen LogP contribution in [0.1, 0.15) is 48.7 Å². The molecule has 0 saturated carbocycles. The maximum Gasteiger partial charge on any atom is 0.416 e. The largest absolute Gasteiger partial charge is 0.444 e. The van der Waals surface area contributed by atoms with Crippen molar-refractivity contribution in [1.29, 1.82) is 0 Å². The molecule has 14 heteroatoms. The third kappa shape index (κ3) is 11.2. The molecule has 1 heterocycles. The summed E-state index contributed by atoms with van der Waals surface area (Å²) in [5.74, 6) is -1.58. The van der Waals surface area contributed by atoms with Gasteiger partial charge in [0, 0.05) is 44.0 Å². The quantitative estimate of drug-likeness (QED) is 0.196. The van der Waals surface area contributed by atoms with E-state index < -0.39 is 41.2 Å². The lowest BCUT2D eigenvalue weighted by atomic mass is 10.1. The molecule has 4 amide bonds. The van der Waals surface area contributed by atoms with E-state index in [0.29, 0.717) is 60.8 Å². The second kappa shape index (κ2) is 15.9. The van der Waals surface area contributed by atoms with Gasteiger partial charge in [0.2, 0.25) is 0 Å². The number of alkyl halides is 3. The minimum Gasteiger partial charge on any atom is -0.444 e. The second-order valence-corrected chi connectivity index (χ2v) is 12.2. The normalized spacial score (nSPS) is 13.8. The van der Waals surface area contributed by atoms with Crippen LogP contribution in [0.5, 0.6) is 0 Å². The molecular weight excluding hydrogens is 634 g/mol. The molecule has 10 nitrogen and oxygen atoms in total. The Morgan fingerprint density at radius 3 is 2.17 bits per heavy atom. The van der Waals surface area contributed by atoms with Crippen LogP contribution < -0.4 is 16.0 Å². The summed E-state index contributed by atoms with van der Waals surface area (Å²) < 4.78 is 64.4. The number of rotatable bonds is 10. The Labute approximate surface area is 276 Å². The van der Waals surface area contributed by atoms with E-state index in [4.69, 9.17) is 9.47 Å². The standard InChI is InChI=1S/C34H39F4N5O5/c1-33(2,3)48-32(46)41-29-8-5-4-7-28(29)40-30(44)24-11-9-23(10-12-24)22-43(14-6-13-42-15-17-47-18-16-42)31(45)39-27-20-25(34(36,37)38)19-26(35)21-27/h4-5,7-12,19-21H,6,13-18,22H2,1-3H3,(H,39,45)(H,40,44)(H,41,46). The SMILES string of the molecule is CC(C)(C)OC(=O)Nc1ccccc1NC(=O)c1ccc(CN(CCCN2CCOCC2)C(=O)Nc2cc(F)cc(C(F)(F)F)c2)cc1. The summed E-state index contributed by atoms with van der Waals surface area (Å²) in [6.45, 7) is 8.93. The molecule has 1 fully saturated rings. The van der Waals surface area contributed by atoms with E-state index in [1.807, 2.05) is 0 Å². The molecule has 3 aromatic carbocycles. The Morgan fingerprint density at radius 2 is 1.54 bits per heavy atom. The van der Waals surface area contributed by atoms with E-state index >= 15 is 0 Å². The Kier molecular flexibility index (Phi) is 12.0. The molecular formula is C34H39F4N5O5. The number of nitrogens with one attached hydrogen (secondary N) is 3. The highest BCUT2D eigenvalue weighted by atomic mass is 19.4. The molecule has 0 bridgehead atoms. The van der Waals surface area contributed by atoms with Crippen molar-refractivity contribution in [2.75, 3.05) is 55.3 Å². The molecule has 1 aliphatic rings. The van der Waals surface area contributed by atoms with Gasteiger partial charge < -0.3 is 25.0 Å². The van der Waals surface area contributed by atoms with Crippen LogP contribution in [0, 0.1) is 5.82 Å². The first-order valence-electron chi connectivity index (χ1n) is 15.4. The third-order valence-corrected chi connectivity index (χ3v) is 7.17. The number of benzene rings is 3. The lowest BCUT2D eigenvalue weighted by molar-refractivity contribution is -0.137. The first-order valence-corrected chi connectivity index (χ1v) is 15.4. The maximum atomic E-state index is 14.0. The van der Waals surface area contributed by atoms with Crippen molar-refractivity contribution < 1.29 is 41.4 Å². The average Bonchev–Trinajstić information content (AvgIpc) is 3.00. The van der Waals surface area contributed by atoms with Gasteiger partial charge in [0.25, 0.3) is 5.91 Å². The fourth-order valence-corrected chi connectivity index (χ4v) is 4.88. The molecule has 4 rings (SSSR count). The number of amides is 4. The van der Waals surface area contributed by atoms with Gasteiger partial charge in [-0.25, -0.2) is 14.0 Å². The number of para-hydroxylation sites is 2. The number of nitrogens with zero attached hydrogens (tertiary/aromatic N) is 2. The van der Waals surface area contributed by atoms with Gasteiger partial charge in [-0.1, -0.05) is 24.3 Å². The zero-order chi connectivity index (χ0) is 34.9. The fourth-order valence-electron chi connectivity index (χ4n) is 4.88. The number of hydrogen-bond donors (Lipinski definition) is 3. The van der Waals surface area contributed by atoms with Gasteiger partial charge in [-0.2, -0.15) is 13.2 Å². The van der Waals surface area contributed by atoms with E-state index in [1.54, 1.807) is 69.3 Å². The molecule has 0 aliphatic carbocycles. The van der Waals surface area contributed by atoms with Crippen LogP contribution in [-0.4, -0.2) is 72.8 Å². The van der Waals surface area contributed by atoms with Crippen molar-refractivity contribution in [3.8, 4) is 0 Å². The van der Waals surface area contributed by atoms with Crippen LogP contribution >= 0.6 is 0 Å². The minimum absolute atomic E-state index is 0.0704. The smallest absolute Gasteiger partial charge is 0.416 e. The van der Waals surface area contributed by atoms with E-state index in [9.17, 15) is 31.9 Å². The van der Waals surface area contributed by atoms with E-state index in [-0.39, 0.29) is 18.8 Å². The molecule has 3 N–H and O–H groups in total.